The quantitative estimate of drug-likeness (QED) is 0.729. The fourth-order valence-electron chi connectivity index (χ4n) is 2.82. The summed E-state index contributed by atoms with van der Waals surface area (Å²) in [6.45, 7) is 0. The highest BCUT2D eigenvalue weighted by atomic mass is 79.9. The molecular weight excluding hydrogens is 294 g/mol. The van der Waals surface area contributed by atoms with Gasteiger partial charge in [-0.25, -0.2) is 8.42 Å². The number of sulfonamides is 1. The Bertz CT molecular complexity index is 364. The minimum Gasteiger partial charge on any atom is -0.300 e. The van der Waals surface area contributed by atoms with Crippen molar-refractivity contribution in [3.05, 3.63) is 0 Å². The van der Waals surface area contributed by atoms with Gasteiger partial charge in [-0.3, -0.25) is 4.79 Å². The normalized spacial score (nSPS) is 32.4. The van der Waals surface area contributed by atoms with E-state index in [-0.39, 0.29) is 22.5 Å². The fraction of sp³-hybridized carbons (Fsp3) is 0.900. The van der Waals surface area contributed by atoms with Gasteiger partial charge in [0.25, 0.3) is 0 Å². The standard InChI is InChI=1S/C10H16BrNO3S/c11-7-16(14,15)12-8-3-1-2-4-9(12)6-10(13)5-8/h8-9H,1-7H2. The van der Waals surface area contributed by atoms with E-state index in [0.29, 0.717) is 12.8 Å². The van der Waals surface area contributed by atoms with Gasteiger partial charge < -0.3 is 0 Å². The molecule has 2 heterocycles. The molecule has 0 radical (unpaired) electrons. The Labute approximate surface area is 105 Å². The summed E-state index contributed by atoms with van der Waals surface area (Å²) in [7, 11) is -3.23. The van der Waals surface area contributed by atoms with Crippen molar-refractivity contribution in [2.45, 2.75) is 50.6 Å². The monoisotopic (exact) mass is 309 g/mol. The maximum Gasteiger partial charge on any atom is 0.224 e. The van der Waals surface area contributed by atoms with Crippen molar-refractivity contribution in [2.24, 2.45) is 0 Å². The van der Waals surface area contributed by atoms with E-state index in [1.165, 1.54) is 0 Å². The van der Waals surface area contributed by atoms with E-state index in [9.17, 15) is 13.2 Å². The number of hydrogen-bond donors (Lipinski definition) is 0. The number of carbonyl (C=O) groups excluding carboxylic acids is 1. The van der Waals surface area contributed by atoms with Crippen LogP contribution in [-0.2, 0) is 14.8 Å². The number of alkyl halides is 1. The van der Waals surface area contributed by atoms with E-state index in [1.54, 1.807) is 4.31 Å². The van der Waals surface area contributed by atoms with Crippen LogP contribution in [0.25, 0.3) is 0 Å². The summed E-state index contributed by atoms with van der Waals surface area (Å²) >= 11 is 3.04. The van der Waals surface area contributed by atoms with E-state index in [0.717, 1.165) is 25.7 Å². The van der Waals surface area contributed by atoms with Crippen molar-refractivity contribution in [3.63, 3.8) is 0 Å². The Morgan fingerprint density at radius 2 is 1.69 bits per heavy atom. The minimum absolute atomic E-state index is 0.0405. The third-order valence-electron chi connectivity index (χ3n) is 3.43. The Morgan fingerprint density at radius 1 is 1.19 bits per heavy atom. The molecule has 2 aliphatic heterocycles. The minimum atomic E-state index is -3.23. The average Bonchev–Trinajstić information content (AvgIpc) is 2.36. The average molecular weight is 310 g/mol. The largest absolute Gasteiger partial charge is 0.300 e. The van der Waals surface area contributed by atoms with Crippen LogP contribution < -0.4 is 0 Å². The van der Waals surface area contributed by atoms with Crippen LogP contribution in [0.3, 0.4) is 0 Å². The van der Waals surface area contributed by atoms with Crippen LogP contribution in [0.15, 0.2) is 0 Å². The van der Waals surface area contributed by atoms with Gasteiger partial charge in [-0.2, -0.15) is 4.31 Å². The summed E-state index contributed by atoms with van der Waals surface area (Å²) in [4.78, 5) is 11.6. The third-order valence-corrected chi connectivity index (χ3v) is 6.68. The number of fused-ring (bicyclic) bond motifs is 2. The van der Waals surface area contributed by atoms with Gasteiger partial charge >= 0.3 is 0 Å². The van der Waals surface area contributed by atoms with Gasteiger partial charge in [-0.1, -0.05) is 28.8 Å². The van der Waals surface area contributed by atoms with Crippen LogP contribution in [-0.4, -0.2) is 35.3 Å². The summed E-state index contributed by atoms with van der Waals surface area (Å²) in [5.74, 6) is 0.220. The lowest BCUT2D eigenvalue weighted by atomic mass is 9.96. The second-order valence-electron chi connectivity index (χ2n) is 4.59. The zero-order chi connectivity index (χ0) is 11.8. The SMILES string of the molecule is O=C1CC2CCCCC(C1)N2S(=O)(=O)CBr. The maximum absolute atomic E-state index is 12.0. The molecule has 2 unspecified atom stereocenters. The van der Waals surface area contributed by atoms with E-state index < -0.39 is 10.0 Å². The van der Waals surface area contributed by atoms with Crippen molar-refractivity contribution in [3.8, 4) is 0 Å². The molecule has 4 nitrogen and oxygen atoms in total. The van der Waals surface area contributed by atoms with Gasteiger partial charge in [-0.15, -0.1) is 0 Å². The molecule has 0 saturated carbocycles. The molecule has 2 aliphatic rings. The number of piperidine rings is 1. The van der Waals surface area contributed by atoms with Crippen LogP contribution in [0, 0.1) is 0 Å². The highest BCUT2D eigenvalue weighted by Gasteiger charge is 2.42. The lowest BCUT2D eigenvalue weighted by Gasteiger charge is -2.38. The Hall–Kier alpha value is 0.0600. The molecule has 0 aromatic rings. The van der Waals surface area contributed by atoms with Gasteiger partial charge in [0.05, 0.1) is 0 Å². The second kappa shape index (κ2) is 4.74. The Balaban J connectivity index is 2.32. The first-order valence-electron chi connectivity index (χ1n) is 5.63. The van der Waals surface area contributed by atoms with Crippen LogP contribution in [0.1, 0.15) is 38.5 Å². The zero-order valence-corrected chi connectivity index (χ0v) is 11.5. The van der Waals surface area contributed by atoms with E-state index >= 15 is 0 Å². The number of halogens is 1. The van der Waals surface area contributed by atoms with Crippen molar-refractivity contribution in [2.75, 3.05) is 4.66 Å². The molecule has 6 heteroatoms. The number of nitrogens with zero attached hydrogens (tertiary/aromatic N) is 1. The first-order valence-corrected chi connectivity index (χ1v) is 8.36. The summed E-state index contributed by atoms with van der Waals surface area (Å²) in [5, 5.41) is 0. The molecule has 0 amide bonds. The predicted molar refractivity (Wildman–Crippen MR) is 64.8 cm³/mol. The highest BCUT2D eigenvalue weighted by molar-refractivity contribution is 9.10. The molecule has 0 N–H and O–H groups in total. The van der Waals surface area contributed by atoms with E-state index in [2.05, 4.69) is 15.9 Å². The van der Waals surface area contributed by atoms with Gasteiger partial charge in [0, 0.05) is 24.9 Å². The molecule has 2 rings (SSSR count). The summed E-state index contributed by atoms with van der Waals surface area (Å²) in [6, 6.07) is -0.174. The number of carbonyl (C=O) groups is 1. The molecule has 0 aromatic carbocycles. The van der Waals surface area contributed by atoms with E-state index in [1.807, 2.05) is 0 Å². The molecule has 16 heavy (non-hydrogen) atoms. The lowest BCUT2D eigenvalue weighted by molar-refractivity contribution is -0.123. The number of hydrogen-bond acceptors (Lipinski definition) is 3. The molecular formula is C10H16BrNO3S. The summed E-state index contributed by atoms with van der Waals surface area (Å²) in [5.41, 5.74) is 0. The van der Waals surface area contributed by atoms with Crippen molar-refractivity contribution >= 4 is 31.7 Å². The van der Waals surface area contributed by atoms with Crippen LogP contribution in [0.4, 0.5) is 0 Å². The lowest BCUT2D eigenvalue weighted by Crippen LogP contribution is -2.51. The molecule has 92 valence electrons. The smallest absolute Gasteiger partial charge is 0.224 e. The van der Waals surface area contributed by atoms with Gasteiger partial charge in [0.2, 0.25) is 10.0 Å². The Kier molecular flexibility index (Phi) is 3.71. The van der Waals surface area contributed by atoms with Gasteiger partial charge in [-0.05, 0) is 12.8 Å². The zero-order valence-electron chi connectivity index (χ0n) is 9.06. The van der Waals surface area contributed by atoms with Crippen molar-refractivity contribution in [1.29, 1.82) is 0 Å². The summed E-state index contributed by atoms with van der Waals surface area (Å²) in [6.07, 6.45) is 4.53. The molecule has 0 aromatic heterocycles. The molecule has 2 saturated heterocycles. The number of rotatable bonds is 2. The van der Waals surface area contributed by atoms with Crippen molar-refractivity contribution in [1.82, 2.24) is 4.31 Å². The van der Waals surface area contributed by atoms with Crippen LogP contribution in [0.2, 0.25) is 0 Å². The first kappa shape index (κ1) is 12.5. The molecule has 0 aliphatic carbocycles. The fourth-order valence-corrected chi connectivity index (χ4v) is 4.91. The predicted octanol–water partition coefficient (Wildman–Crippen LogP) is 1.64. The number of ketones is 1. The Morgan fingerprint density at radius 3 is 2.12 bits per heavy atom. The molecule has 0 spiro atoms. The van der Waals surface area contributed by atoms with Gasteiger partial charge in [0.1, 0.15) is 10.4 Å². The number of Topliss-reactive ketones (excluding diaryl/α,β-unsaturated/α-hetero) is 1. The second-order valence-corrected chi connectivity index (χ2v) is 7.77. The third kappa shape index (κ3) is 2.33. The first-order chi connectivity index (χ1) is 7.54. The molecule has 2 bridgehead atoms. The topological polar surface area (TPSA) is 54.5 Å². The summed E-state index contributed by atoms with van der Waals surface area (Å²) < 4.78 is 25.6. The highest BCUT2D eigenvalue weighted by Crippen LogP contribution is 2.33. The maximum atomic E-state index is 12.0. The van der Waals surface area contributed by atoms with Gasteiger partial charge in [0.15, 0.2) is 0 Å². The van der Waals surface area contributed by atoms with Crippen LogP contribution in [0.5, 0.6) is 0 Å². The van der Waals surface area contributed by atoms with E-state index in [4.69, 9.17) is 0 Å². The molecule has 2 fully saturated rings. The van der Waals surface area contributed by atoms with Crippen molar-refractivity contribution < 1.29 is 13.2 Å². The molecule has 2 atom stereocenters. The van der Waals surface area contributed by atoms with Crippen LogP contribution >= 0.6 is 15.9 Å².